The summed E-state index contributed by atoms with van der Waals surface area (Å²) in [6.45, 7) is 5.53. The maximum Gasteiger partial charge on any atom is 0.124 e. The number of hydrogen-bond donors (Lipinski definition) is 0. The summed E-state index contributed by atoms with van der Waals surface area (Å²) in [6, 6.07) is 0. The van der Waals surface area contributed by atoms with E-state index in [1.165, 1.54) is 19.4 Å². The molecule has 0 amide bonds. The van der Waals surface area contributed by atoms with Crippen molar-refractivity contribution in [3.05, 3.63) is 0 Å². The van der Waals surface area contributed by atoms with Gasteiger partial charge in [-0.25, -0.2) is 0 Å². The first-order valence-electron chi connectivity index (χ1n) is 4.54. The summed E-state index contributed by atoms with van der Waals surface area (Å²) < 4.78 is 0. The van der Waals surface area contributed by atoms with E-state index in [2.05, 4.69) is 11.8 Å². The Morgan fingerprint density at radius 2 is 2.45 bits per heavy atom. The predicted molar refractivity (Wildman–Crippen MR) is 45.5 cm³/mol. The van der Waals surface area contributed by atoms with Gasteiger partial charge in [0.05, 0.1) is 0 Å². The van der Waals surface area contributed by atoms with Crippen LogP contribution in [0.1, 0.15) is 26.2 Å². The Balaban J connectivity index is 2.27. The molecule has 0 bridgehead atoms. The molecule has 1 aliphatic heterocycles. The van der Waals surface area contributed by atoms with Crippen molar-refractivity contribution in [1.82, 2.24) is 4.90 Å². The van der Waals surface area contributed by atoms with Crippen LogP contribution in [0.25, 0.3) is 0 Å². The van der Waals surface area contributed by atoms with Gasteiger partial charge in [-0.05, 0) is 32.4 Å². The molecule has 0 aliphatic carbocycles. The van der Waals surface area contributed by atoms with E-state index in [0.717, 1.165) is 25.8 Å². The van der Waals surface area contributed by atoms with Gasteiger partial charge < -0.3 is 9.69 Å². The van der Waals surface area contributed by atoms with Gasteiger partial charge >= 0.3 is 0 Å². The van der Waals surface area contributed by atoms with Crippen LogP contribution in [-0.4, -0.2) is 30.8 Å². The summed E-state index contributed by atoms with van der Waals surface area (Å²) in [7, 11) is 0. The first-order chi connectivity index (χ1) is 5.36. The number of aldehydes is 1. The van der Waals surface area contributed by atoms with Crippen molar-refractivity contribution in [2.24, 2.45) is 5.92 Å². The van der Waals surface area contributed by atoms with Crippen molar-refractivity contribution in [3.8, 4) is 0 Å². The van der Waals surface area contributed by atoms with Crippen molar-refractivity contribution >= 4 is 6.29 Å². The topological polar surface area (TPSA) is 20.3 Å². The van der Waals surface area contributed by atoms with E-state index in [4.69, 9.17) is 0 Å². The minimum absolute atomic E-state index is 0.315. The smallest absolute Gasteiger partial charge is 0.124 e. The third-order valence-electron chi connectivity index (χ3n) is 2.27. The third-order valence-corrected chi connectivity index (χ3v) is 2.27. The lowest BCUT2D eigenvalue weighted by Gasteiger charge is -2.29. The Labute approximate surface area is 68.6 Å². The zero-order valence-corrected chi connectivity index (χ0v) is 7.25. The maximum absolute atomic E-state index is 10.5. The fourth-order valence-electron chi connectivity index (χ4n) is 1.72. The van der Waals surface area contributed by atoms with E-state index < -0.39 is 0 Å². The first kappa shape index (κ1) is 8.72. The van der Waals surface area contributed by atoms with E-state index in [1.54, 1.807) is 0 Å². The fraction of sp³-hybridized carbons (Fsp3) is 0.889. The van der Waals surface area contributed by atoms with Gasteiger partial charge in [-0.3, -0.25) is 0 Å². The molecular weight excluding hydrogens is 138 g/mol. The highest BCUT2D eigenvalue weighted by Gasteiger charge is 2.17. The molecule has 0 N–H and O–H groups in total. The lowest BCUT2D eigenvalue weighted by Crippen LogP contribution is -2.36. The summed E-state index contributed by atoms with van der Waals surface area (Å²) in [5.41, 5.74) is 0. The molecule has 1 atom stereocenters. The fourth-order valence-corrected chi connectivity index (χ4v) is 1.72. The van der Waals surface area contributed by atoms with Crippen LogP contribution in [0.3, 0.4) is 0 Å². The Morgan fingerprint density at radius 3 is 3.09 bits per heavy atom. The molecule has 0 spiro atoms. The number of likely N-dealkylation sites (tertiary alicyclic amines) is 1. The summed E-state index contributed by atoms with van der Waals surface area (Å²) >= 11 is 0. The van der Waals surface area contributed by atoms with Gasteiger partial charge in [0.1, 0.15) is 6.29 Å². The normalized spacial score (nSPS) is 26.8. The van der Waals surface area contributed by atoms with E-state index in [9.17, 15) is 4.79 Å². The van der Waals surface area contributed by atoms with Gasteiger partial charge in [0.25, 0.3) is 0 Å². The first-order valence-corrected chi connectivity index (χ1v) is 4.54. The SMILES string of the molecule is CCCN1CCCC(C=O)C1. The second kappa shape index (κ2) is 4.50. The molecule has 1 fully saturated rings. The lowest BCUT2D eigenvalue weighted by atomic mass is 10.00. The molecule has 0 aromatic carbocycles. The molecule has 11 heavy (non-hydrogen) atoms. The van der Waals surface area contributed by atoms with Crippen LogP contribution in [-0.2, 0) is 4.79 Å². The van der Waals surface area contributed by atoms with Crippen molar-refractivity contribution in [2.45, 2.75) is 26.2 Å². The third kappa shape index (κ3) is 2.62. The van der Waals surface area contributed by atoms with Gasteiger partial charge in [0.15, 0.2) is 0 Å². The molecule has 2 nitrogen and oxygen atoms in total. The van der Waals surface area contributed by atoms with Gasteiger partial charge in [-0.1, -0.05) is 6.92 Å². The Bertz CT molecular complexity index is 123. The van der Waals surface area contributed by atoms with Gasteiger partial charge in [-0.15, -0.1) is 0 Å². The zero-order chi connectivity index (χ0) is 8.10. The van der Waals surface area contributed by atoms with Crippen LogP contribution in [0, 0.1) is 5.92 Å². The van der Waals surface area contributed by atoms with E-state index in [1.807, 2.05) is 0 Å². The van der Waals surface area contributed by atoms with E-state index in [0.29, 0.717) is 5.92 Å². The average Bonchev–Trinajstić information content (AvgIpc) is 2.06. The number of piperidine rings is 1. The second-order valence-electron chi connectivity index (χ2n) is 3.34. The molecule has 1 rings (SSSR count). The zero-order valence-electron chi connectivity index (χ0n) is 7.25. The molecule has 0 aromatic rings. The summed E-state index contributed by atoms with van der Waals surface area (Å²) in [5.74, 6) is 0.315. The highest BCUT2D eigenvalue weighted by Crippen LogP contribution is 2.13. The molecule has 1 saturated heterocycles. The minimum Gasteiger partial charge on any atom is -0.303 e. The highest BCUT2D eigenvalue weighted by atomic mass is 16.1. The molecular formula is C9H17NO. The summed E-state index contributed by atoms with van der Waals surface area (Å²) in [4.78, 5) is 12.9. The van der Waals surface area contributed by atoms with Crippen LogP contribution in [0.4, 0.5) is 0 Å². The molecule has 1 heterocycles. The van der Waals surface area contributed by atoms with Crippen molar-refractivity contribution in [3.63, 3.8) is 0 Å². The van der Waals surface area contributed by atoms with E-state index in [-0.39, 0.29) is 0 Å². The van der Waals surface area contributed by atoms with Crippen molar-refractivity contribution in [1.29, 1.82) is 0 Å². The van der Waals surface area contributed by atoms with Crippen LogP contribution in [0.15, 0.2) is 0 Å². The molecule has 0 saturated carbocycles. The summed E-state index contributed by atoms with van der Waals surface area (Å²) in [5, 5.41) is 0. The minimum atomic E-state index is 0.315. The number of hydrogen-bond acceptors (Lipinski definition) is 2. The molecule has 1 aliphatic rings. The largest absolute Gasteiger partial charge is 0.303 e. The quantitative estimate of drug-likeness (QED) is 0.573. The van der Waals surface area contributed by atoms with Crippen LogP contribution < -0.4 is 0 Å². The number of rotatable bonds is 3. The van der Waals surface area contributed by atoms with E-state index >= 15 is 0 Å². The molecule has 64 valence electrons. The highest BCUT2D eigenvalue weighted by molar-refractivity contribution is 5.53. The second-order valence-corrected chi connectivity index (χ2v) is 3.34. The number of carbonyl (C=O) groups excluding carboxylic acids is 1. The standard InChI is InChI=1S/C9H17NO/c1-2-5-10-6-3-4-9(7-10)8-11/h8-9H,2-7H2,1H3. The van der Waals surface area contributed by atoms with Crippen LogP contribution in [0.5, 0.6) is 0 Å². The molecule has 0 aromatic heterocycles. The monoisotopic (exact) mass is 155 g/mol. The summed E-state index contributed by atoms with van der Waals surface area (Å²) in [6.07, 6.45) is 4.61. The Hall–Kier alpha value is -0.370. The van der Waals surface area contributed by atoms with Gasteiger partial charge in [0, 0.05) is 12.5 Å². The van der Waals surface area contributed by atoms with Crippen LogP contribution >= 0.6 is 0 Å². The lowest BCUT2D eigenvalue weighted by molar-refractivity contribution is -0.112. The number of carbonyl (C=O) groups is 1. The van der Waals surface area contributed by atoms with Gasteiger partial charge in [-0.2, -0.15) is 0 Å². The molecule has 2 heteroatoms. The molecule has 0 radical (unpaired) electrons. The Kier molecular flexibility index (Phi) is 3.57. The number of nitrogens with zero attached hydrogens (tertiary/aromatic N) is 1. The van der Waals surface area contributed by atoms with Gasteiger partial charge in [0.2, 0.25) is 0 Å². The Morgan fingerprint density at radius 1 is 1.64 bits per heavy atom. The van der Waals surface area contributed by atoms with Crippen LogP contribution in [0.2, 0.25) is 0 Å². The van der Waals surface area contributed by atoms with Crippen molar-refractivity contribution < 1.29 is 4.79 Å². The molecule has 1 unspecified atom stereocenters. The predicted octanol–water partition coefficient (Wildman–Crippen LogP) is 1.31. The maximum atomic E-state index is 10.5. The van der Waals surface area contributed by atoms with Crippen molar-refractivity contribution in [2.75, 3.05) is 19.6 Å². The average molecular weight is 155 g/mol.